The Hall–Kier alpha value is -1.68. The Balaban J connectivity index is 1.96. The van der Waals surface area contributed by atoms with Crippen LogP contribution in [-0.2, 0) is 14.8 Å². The summed E-state index contributed by atoms with van der Waals surface area (Å²) in [6.07, 6.45) is 1.86. The maximum Gasteiger partial charge on any atom is 0.251 e. The zero-order chi connectivity index (χ0) is 21.3. The minimum atomic E-state index is -3.73. The van der Waals surface area contributed by atoms with Crippen LogP contribution in [0.3, 0.4) is 0 Å². The Labute approximate surface area is 174 Å². The Morgan fingerprint density at radius 1 is 1.21 bits per heavy atom. The molecule has 0 saturated carbocycles. The Morgan fingerprint density at radius 3 is 2.52 bits per heavy atom. The highest BCUT2D eigenvalue weighted by molar-refractivity contribution is 7.89. The lowest BCUT2D eigenvalue weighted by atomic mass is 10.2. The summed E-state index contributed by atoms with van der Waals surface area (Å²) in [5, 5.41) is 2.88. The third kappa shape index (κ3) is 6.40. The van der Waals surface area contributed by atoms with Crippen molar-refractivity contribution >= 4 is 15.9 Å². The van der Waals surface area contributed by atoms with Crippen molar-refractivity contribution in [1.82, 2.24) is 14.5 Å². The maximum atomic E-state index is 12.9. The minimum Gasteiger partial charge on any atom is -0.495 e. The first-order chi connectivity index (χ1) is 13.9. The second kappa shape index (κ2) is 11.5. The van der Waals surface area contributed by atoms with E-state index < -0.39 is 10.0 Å². The summed E-state index contributed by atoms with van der Waals surface area (Å²) >= 11 is 0. The van der Waals surface area contributed by atoms with Crippen LogP contribution in [0, 0.1) is 0 Å². The number of hydrogen-bond acceptors (Lipinski definition) is 6. The lowest BCUT2D eigenvalue weighted by Gasteiger charge is -2.26. The van der Waals surface area contributed by atoms with E-state index in [1.165, 1.54) is 23.5 Å². The molecule has 1 aromatic carbocycles. The molecule has 0 spiro atoms. The quantitative estimate of drug-likeness (QED) is 0.540. The summed E-state index contributed by atoms with van der Waals surface area (Å²) in [5.74, 6) is -0.0472. The number of sulfonamides is 1. The number of unbranched alkanes of at least 4 members (excludes halogenated alkanes) is 1. The summed E-state index contributed by atoms with van der Waals surface area (Å²) in [6, 6.07) is 4.52. The summed E-state index contributed by atoms with van der Waals surface area (Å²) in [5.41, 5.74) is 0.310. The van der Waals surface area contributed by atoms with Crippen LogP contribution < -0.4 is 10.1 Å². The lowest BCUT2D eigenvalue weighted by Crippen LogP contribution is -2.37. The highest BCUT2D eigenvalue weighted by atomic mass is 32.2. The van der Waals surface area contributed by atoms with Crippen molar-refractivity contribution in [3.8, 4) is 5.75 Å². The Morgan fingerprint density at radius 2 is 1.90 bits per heavy atom. The zero-order valence-corrected chi connectivity index (χ0v) is 18.5. The van der Waals surface area contributed by atoms with Gasteiger partial charge in [0.25, 0.3) is 5.91 Å². The van der Waals surface area contributed by atoms with E-state index in [0.29, 0.717) is 25.2 Å². The van der Waals surface area contributed by atoms with Crippen molar-refractivity contribution in [2.45, 2.75) is 31.6 Å². The number of amides is 1. The number of morpholine rings is 1. The molecule has 0 bridgehead atoms. The summed E-state index contributed by atoms with van der Waals surface area (Å²) in [7, 11) is -2.31. The van der Waals surface area contributed by atoms with Crippen LogP contribution in [0.1, 0.15) is 37.0 Å². The van der Waals surface area contributed by atoms with Gasteiger partial charge in [0, 0.05) is 38.3 Å². The van der Waals surface area contributed by atoms with Gasteiger partial charge in [0.1, 0.15) is 10.6 Å². The molecule has 29 heavy (non-hydrogen) atoms. The van der Waals surface area contributed by atoms with Gasteiger partial charge in [-0.25, -0.2) is 8.42 Å². The average molecular weight is 428 g/mol. The maximum absolute atomic E-state index is 12.9. The predicted molar refractivity (Wildman–Crippen MR) is 112 cm³/mol. The van der Waals surface area contributed by atoms with Crippen molar-refractivity contribution in [3.05, 3.63) is 23.8 Å². The normalized spacial score (nSPS) is 15.4. The van der Waals surface area contributed by atoms with E-state index in [1.807, 2.05) is 0 Å². The van der Waals surface area contributed by atoms with Crippen molar-refractivity contribution in [1.29, 1.82) is 0 Å². The molecule has 8 nitrogen and oxygen atoms in total. The first-order valence-corrected chi connectivity index (χ1v) is 11.6. The average Bonchev–Trinajstić information content (AvgIpc) is 2.74. The molecule has 1 saturated heterocycles. The summed E-state index contributed by atoms with van der Waals surface area (Å²) < 4.78 is 37.7. The molecule has 9 heteroatoms. The zero-order valence-electron chi connectivity index (χ0n) is 17.6. The monoisotopic (exact) mass is 427 g/mol. The van der Waals surface area contributed by atoms with Gasteiger partial charge in [0.15, 0.2) is 0 Å². The molecular weight excluding hydrogens is 394 g/mol. The van der Waals surface area contributed by atoms with E-state index in [1.54, 1.807) is 19.9 Å². The highest BCUT2D eigenvalue weighted by Crippen LogP contribution is 2.27. The van der Waals surface area contributed by atoms with Gasteiger partial charge < -0.3 is 14.8 Å². The van der Waals surface area contributed by atoms with Crippen molar-refractivity contribution in [2.75, 3.05) is 59.6 Å². The summed E-state index contributed by atoms with van der Waals surface area (Å²) in [4.78, 5) is 14.9. The lowest BCUT2D eigenvalue weighted by molar-refractivity contribution is 0.0372. The van der Waals surface area contributed by atoms with Gasteiger partial charge in [0.2, 0.25) is 10.0 Å². The number of ether oxygens (including phenoxy) is 2. The molecule has 1 heterocycles. The number of nitrogens with zero attached hydrogens (tertiary/aromatic N) is 2. The van der Waals surface area contributed by atoms with Gasteiger partial charge in [-0.05, 0) is 37.6 Å². The predicted octanol–water partition coefficient (Wildman–Crippen LogP) is 1.57. The molecule has 0 radical (unpaired) electrons. The largest absolute Gasteiger partial charge is 0.495 e. The van der Waals surface area contributed by atoms with Crippen LogP contribution in [0.25, 0.3) is 0 Å². The third-order valence-corrected chi connectivity index (χ3v) is 7.11. The Kier molecular flexibility index (Phi) is 9.35. The number of carbonyl (C=O) groups excluding carboxylic acids is 1. The second-order valence-electron chi connectivity index (χ2n) is 6.87. The van der Waals surface area contributed by atoms with Gasteiger partial charge in [-0.3, -0.25) is 9.69 Å². The third-order valence-electron chi connectivity index (χ3n) is 5.04. The first-order valence-electron chi connectivity index (χ1n) is 10.2. The van der Waals surface area contributed by atoms with Crippen LogP contribution in [0.4, 0.5) is 0 Å². The molecule has 1 N–H and O–H groups in total. The molecule has 1 aliphatic heterocycles. The number of methoxy groups -OCH3 is 1. The van der Waals surface area contributed by atoms with Crippen LogP contribution in [0.15, 0.2) is 23.1 Å². The molecule has 1 fully saturated rings. The number of nitrogens with one attached hydrogen (secondary N) is 1. The van der Waals surface area contributed by atoms with Crippen molar-refractivity contribution in [3.63, 3.8) is 0 Å². The SMILES string of the molecule is CCN(CC)S(=O)(=O)c1cc(C(=O)NCCCCN2CCOCC2)ccc1OC. The van der Waals surface area contributed by atoms with E-state index in [4.69, 9.17) is 9.47 Å². The minimum absolute atomic E-state index is 0.0173. The fourth-order valence-corrected chi connectivity index (χ4v) is 4.95. The Bertz CT molecular complexity index is 759. The number of carbonyl (C=O) groups is 1. The number of rotatable bonds is 11. The fourth-order valence-electron chi connectivity index (χ4n) is 3.31. The number of hydrogen-bond donors (Lipinski definition) is 1. The van der Waals surface area contributed by atoms with E-state index in [2.05, 4.69) is 10.2 Å². The van der Waals surface area contributed by atoms with Crippen molar-refractivity contribution in [2.24, 2.45) is 0 Å². The van der Waals surface area contributed by atoms with Gasteiger partial charge in [0.05, 0.1) is 20.3 Å². The topological polar surface area (TPSA) is 88.2 Å². The first kappa shape index (κ1) is 23.6. The van der Waals surface area contributed by atoms with Crippen LogP contribution in [0.2, 0.25) is 0 Å². The molecule has 164 valence electrons. The molecule has 2 rings (SSSR count). The van der Waals surface area contributed by atoms with Gasteiger partial charge in [-0.1, -0.05) is 13.8 Å². The molecule has 0 aliphatic carbocycles. The van der Waals surface area contributed by atoms with Crippen LogP contribution in [-0.4, -0.2) is 83.1 Å². The molecule has 0 atom stereocenters. The van der Waals surface area contributed by atoms with Gasteiger partial charge >= 0.3 is 0 Å². The molecule has 0 aromatic heterocycles. The van der Waals surface area contributed by atoms with Gasteiger partial charge in [-0.2, -0.15) is 4.31 Å². The molecule has 1 aliphatic rings. The van der Waals surface area contributed by atoms with Crippen LogP contribution >= 0.6 is 0 Å². The second-order valence-corrected chi connectivity index (χ2v) is 8.78. The van der Waals surface area contributed by atoms with E-state index >= 15 is 0 Å². The van der Waals surface area contributed by atoms with E-state index in [9.17, 15) is 13.2 Å². The molecule has 0 unspecified atom stereocenters. The highest BCUT2D eigenvalue weighted by Gasteiger charge is 2.26. The van der Waals surface area contributed by atoms with E-state index in [-0.39, 0.29) is 16.6 Å². The smallest absolute Gasteiger partial charge is 0.251 e. The van der Waals surface area contributed by atoms with Crippen molar-refractivity contribution < 1.29 is 22.7 Å². The number of benzene rings is 1. The fraction of sp³-hybridized carbons (Fsp3) is 0.650. The molecular formula is C20H33N3O5S. The summed E-state index contributed by atoms with van der Waals surface area (Å²) in [6.45, 7) is 9.29. The standard InChI is InChI=1S/C20H33N3O5S/c1-4-23(5-2)29(25,26)19-16-17(8-9-18(19)27-3)20(24)21-10-6-7-11-22-12-14-28-15-13-22/h8-9,16H,4-7,10-15H2,1-3H3,(H,21,24). The molecule has 1 aromatic rings. The van der Waals surface area contributed by atoms with E-state index in [0.717, 1.165) is 45.7 Å². The van der Waals surface area contributed by atoms with Gasteiger partial charge in [-0.15, -0.1) is 0 Å². The molecule has 1 amide bonds. The van der Waals surface area contributed by atoms with Crippen LogP contribution in [0.5, 0.6) is 5.75 Å².